The molecule has 2 saturated heterocycles. The van der Waals surface area contributed by atoms with Crippen molar-refractivity contribution in [3.63, 3.8) is 0 Å². The van der Waals surface area contributed by atoms with E-state index in [1.807, 2.05) is 4.90 Å². The number of primary amides is 1. The first kappa shape index (κ1) is 15.9. The van der Waals surface area contributed by atoms with Gasteiger partial charge in [0.05, 0.1) is 12.1 Å². The Labute approximate surface area is 135 Å². The number of carbonyl (C=O) groups is 2. The molecule has 0 spiro atoms. The maximum Gasteiger partial charge on any atom is 0.288 e. The summed E-state index contributed by atoms with van der Waals surface area (Å²) in [6.45, 7) is 6.62. The highest BCUT2D eigenvalue weighted by Gasteiger charge is 2.39. The van der Waals surface area contributed by atoms with Crippen LogP contribution in [-0.4, -0.2) is 68.1 Å². The van der Waals surface area contributed by atoms with E-state index in [-0.39, 0.29) is 29.9 Å². The number of amides is 2. The van der Waals surface area contributed by atoms with Crippen LogP contribution in [0.5, 0.6) is 0 Å². The first-order chi connectivity index (χ1) is 11.0. The van der Waals surface area contributed by atoms with E-state index in [2.05, 4.69) is 28.8 Å². The van der Waals surface area contributed by atoms with Gasteiger partial charge in [-0.2, -0.15) is 0 Å². The van der Waals surface area contributed by atoms with Crippen LogP contribution in [0, 0.1) is 0 Å². The number of hydrogen-bond acceptors (Lipinski definition) is 5. The Morgan fingerprint density at radius 1 is 1.35 bits per heavy atom. The molecular formula is C15H24N6O2. The van der Waals surface area contributed by atoms with Gasteiger partial charge >= 0.3 is 0 Å². The summed E-state index contributed by atoms with van der Waals surface area (Å²) >= 11 is 0. The van der Waals surface area contributed by atoms with Crippen LogP contribution in [0.15, 0.2) is 6.33 Å². The molecule has 0 unspecified atom stereocenters. The van der Waals surface area contributed by atoms with Crippen molar-refractivity contribution in [3.8, 4) is 0 Å². The number of nitrogens with zero attached hydrogens (tertiary/aromatic N) is 5. The Bertz CT molecular complexity index is 599. The van der Waals surface area contributed by atoms with Gasteiger partial charge in [-0.15, -0.1) is 5.10 Å². The fourth-order valence-electron chi connectivity index (χ4n) is 3.58. The Hall–Kier alpha value is -1.96. The lowest BCUT2D eigenvalue weighted by atomic mass is 10.0. The van der Waals surface area contributed by atoms with Gasteiger partial charge in [0.15, 0.2) is 0 Å². The summed E-state index contributed by atoms with van der Waals surface area (Å²) in [5.74, 6) is -0.336. The minimum atomic E-state index is -0.616. The smallest absolute Gasteiger partial charge is 0.288 e. The van der Waals surface area contributed by atoms with Crippen LogP contribution >= 0.6 is 0 Å². The van der Waals surface area contributed by atoms with E-state index in [1.165, 1.54) is 0 Å². The quantitative estimate of drug-likeness (QED) is 0.843. The number of nitrogens with two attached hydrogens (primary N) is 1. The van der Waals surface area contributed by atoms with Gasteiger partial charge in [-0.25, -0.2) is 9.67 Å². The molecule has 3 heterocycles. The zero-order valence-electron chi connectivity index (χ0n) is 13.7. The lowest BCUT2D eigenvalue weighted by Crippen LogP contribution is -2.48. The Balaban J connectivity index is 1.69. The van der Waals surface area contributed by atoms with Crippen molar-refractivity contribution in [2.24, 2.45) is 5.73 Å². The molecule has 126 valence electrons. The first-order valence-electron chi connectivity index (χ1n) is 8.23. The molecule has 0 aromatic carbocycles. The Morgan fingerprint density at radius 2 is 2.13 bits per heavy atom. The van der Waals surface area contributed by atoms with Crippen LogP contribution in [0.25, 0.3) is 0 Å². The van der Waals surface area contributed by atoms with E-state index in [0.717, 1.165) is 38.9 Å². The van der Waals surface area contributed by atoms with Gasteiger partial charge in [0.2, 0.25) is 11.7 Å². The fourth-order valence-corrected chi connectivity index (χ4v) is 3.58. The molecule has 8 heteroatoms. The summed E-state index contributed by atoms with van der Waals surface area (Å²) in [7, 11) is 0. The number of hydrogen-bond donors (Lipinski definition) is 1. The molecule has 8 nitrogen and oxygen atoms in total. The van der Waals surface area contributed by atoms with E-state index in [0.29, 0.717) is 0 Å². The number of rotatable bonds is 4. The SMILES string of the molecule is CC(C)N1CC[C@H](N2CCC[C@@H](n3cnc(C(N)=O)n3)C2)C1=O. The molecule has 0 radical (unpaired) electrons. The van der Waals surface area contributed by atoms with Crippen molar-refractivity contribution in [1.82, 2.24) is 24.6 Å². The molecule has 1 aromatic heterocycles. The van der Waals surface area contributed by atoms with Crippen LogP contribution in [0.4, 0.5) is 0 Å². The monoisotopic (exact) mass is 320 g/mol. The highest BCUT2D eigenvalue weighted by molar-refractivity contribution is 5.88. The van der Waals surface area contributed by atoms with Crippen molar-refractivity contribution >= 4 is 11.8 Å². The third-order valence-corrected chi connectivity index (χ3v) is 4.81. The second kappa shape index (κ2) is 6.27. The predicted molar refractivity (Wildman–Crippen MR) is 83.6 cm³/mol. The summed E-state index contributed by atoms with van der Waals surface area (Å²) < 4.78 is 1.71. The third kappa shape index (κ3) is 3.08. The molecule has 1 aromatic rings. The molecule has 2 aliphatic heterocycles. The van der Waals surface area contributed by atoms with Crippen LogP contribution in [0.1, 0.15) is 49.8 Å². The van der Waals surface area contributed by atoms with Gasteiger partial charge in [-0.1, -0.05) is 0 Å². The third-order valence-electron chi connectivity index (χ3n) is 4.81. The van der Waals surface area contributed by atoms with E-state index in [4.69, 9.17) is 5.73 Å². The topological polar surface area (TPSA) is 97.3 Å². The summed E-state index contributed by atoms with van der Waals surface area (Å²) in [4.78, 5) is 31.9. The van der Waals surface area contributed by atoms with Crippen LogP contribution in [0.3, 0.4) is 0 Å². The van der Waals surface area contributed by atoms with Crippen molar-refractivity contribution in [1.29, 1.82) is 0 Å². The van der Waals surface area contributed by atoms with Gasteiger partial charge in [0.25, 0.3) is 5.91 Å². The molecule has 2 amide bonds. The molecule has 0 aliphatic carbocycles. The fraction of sp³-hybridized carbons (Fsp3) is 0.733. The summed E-state index contributed by atoms with van der Waals surface area (Å²) in [6, 6.07) is 0.353. The first-order valence-corrected chi connectivity index (χ1v) is 8.23. The van der Waals surface area contributed by atoms with Crippen LogP contribution in [0.2, 0.25) is 0 Å². The zero-order chi connectivity index (χ0) is 16.6. The van der Waals surface area contributed by atoms with Crippen molar-refractivity contribution in [2.45, 2.75) is 51.2 Å². The maximum absolute atomic E-state index is 12.6. The minimum Gasteiger partial charge on any atom is -0.363 e. The van der Waals surface area contributed by atoms with Gasteiger partial charge in [0.1, 0.15) is 6.33 Å². The number of piperidine rings is 1. The number of aromatic nitrogens is 3. The van der Waals surface area contributed by atoms with E-state index in [1.54, 1.807) is 11.0 Å². The molecule has 2 fully saturated rings. The van der Waals surface area contributed by atoms with E-state index < -0.39 is 5.91 Å². The molecular weight excluding hydrogens is 296 g/mol. The predicted octanol–water partition coefficient (Wildman–Crippen LogP) is 0.0232. The van der Waals surface area contributed by atoms with E-state index >= 15 is 0 Å². The second-order valence-corrected chi connectivity index (χ2v) is 6.63. The largest absolute Gasteiger partial charge is 0.363 e. The lowest BCUT2D eigenvalue weighted by Gasteiger charge is -2.36. The van der Waals surface area contributed by atoms with Crippen molar-refractivity contribution in [3.05, 3.63) is 12.2 Å². The van der Waals surface area contributed by atoms with E-state index in [9.17, 15) is 9.59 Å². The minimum absolute atomic E-state index is 0.0284. The van der Waals surface area contributed by atoms with Crippen LogP contribution < -0.4 is 5.73 Å². The van der Waals surface area contributed by atoms with Crippen molar-refractivity contribution < 1.29 is 9.59 Å². The Morgan fingerprint density at radius 3 is 2.74 bits per heavy atom. The summed E-state index contributed by atoms with van der Waals surface area (Å²) in [6.07, 6.45) is 4.41. The van der Waals surface area contributed by atoms with Gasteiger partial charge in [-0.05, 0) is 39.7 Å². The van der Waals surface area contributed by atoms with Crippen LogP contribution in [-0.2, 0) is 4.79 Å². The molecule has 23 heavy (non-hydrogen) atoms. The molecule has 3 rings (SSSR count). The highest BCUT2D eigenvalue weighted by Crippen LogP contribution is 2.27. The average molecular weight is 320 g/mol. The second-order valence-electron chi connectivity index (χ2n) is 6.63. The van der Waals surface area contributed by atoms with Crippen molar-refractivity contribution in [2.75, 3.05) is 19.6 Å². The summed E-state index contributed by atoms with van der Waals surface area (Å²) in [5.41, 5.74) is 5.21. The molecule has 0 saturated carbocycles. The zero-order valence-corrected chi connectivity index (χ0v) is 13.7. The maximum atomic E-state index is 12.6. The van der Waals surface area contributed by atoms with Gasteiger partial charge in [0, 0.05) is 19.1 Å². The Kier molecular flexibility index (Phi) is 4.34. The van der Waals surface area contributed by atoms with Gasteiger partial charge < -0.3 is 10.6 Å². The normalized spacial score (nSPS) is 26.2. The van der Waals surface area contributed by atoms with Gasteiger partial charge in [-0.3, -0.25) is 14.5 Å². The molecule has 2 aliphatic rings. The standard InChI is InChI=1S/C15H24N6O2/c1-10(2)20-7-5-12(15(20)23)19-6-3-4-11(8-19)21-9-17-14(18-21)13(16)22/h9-12H,3-8H2,1-2H3,(H2,16,22)/t11-,12+/m1/s1. The molecule has 2 N–H and O–H groups in total. The molecule has 2 atom stereocenters. The molecule has 0 bridgehead atoms. The summed E-state index contributed by atoms with van der Waals surface area (Å²) in [5, 5.41) is 4.17. The highest BCUT2D eigenvalue weighted by atomic mass is 16.2. The lowest BCUT2D eigenvalue weighted by molar-refractivity contribution is -0.134. The number of carbonyl (C=O) groups excluding carboxylic acids is 2. The number of likely N-dealkylation sites (tertiary alicyclic amines) is 2. The average Bonchev–Trinajstić information content (AvgIpc) is 3.14.